The first-order chi connectivity index (χ1) is 11.9. The Morgan fingerprint density at radius 2 is 1.76 bits per heavy atom. The molecule has 1 saturated carbocycles. The normalized spacial score (nSPS) is 21.0. The van der Waals surface area contributed by atoms with Crippen molar-refractivity contribution in [3.8, 4) is 11.5 Å². The summed E-state index contributed by atoms with van der Waals surface area (Å²) in [5.74, 6) is 1.09. The summed E-state index contributed by atoms with van der Waals surface area (Å²) in [4.78, 5) is 8.06. The van der Waals surface area contributed by atoms with Gasteiger partial charge < -0.3 is 15.2 Å². The van der Waals surface area contributed by atoms with E-state index < -0.39 is 11.7 Å². The van der Waals surface area contributed by atoms with E-state index in [0.29, 0.717) is 11.6 Å². The lowest BCUT2D eigenvalue weighted by atomic mass is 9.93. The van der Waals surface area contributed by atoms with E-state index >= 15 is 0 Å². The minimum Gasteiger partial charge on any atom is -0.452 e. The molecule has 1 heterocycles. The highest BCUT2D eigenvalue weighted by molar-refractivity contribution is 5.50. The molecule has 1 fully saturated rings. The van der Waals surface area contributed by atoms with Crippen LogP contribution in [0.15, 0.2) is 36.8 Å². The van der Waals surface area contributed by atoms with Crippen molar-refractivity contribution in [1.82, 2.24) is 9.97 Å². The molecule has 0 spiro atoms. The van der Waals surface area contributed by atoms with Gasteiger partial charge in [-0.25, -0.2) is 9.97 Å². The van der Waals surface area contributed by atoms with E-state index in [1.54, 1.807) is 0 Å². The van der Waals surface area contributed by atoms with E-state index in [4.69, 9.17) is 4.74 Å². The zero-order valence-corrected chi connectivity index (χ0v) is 13.3. The minimum absolute atomic E-state index is 0.160. The molecular formula is C17H18F3N3O2. The summed E-state index contributed by atoms with van der Waals surface area (Å²) in [5.41, 5.74) is -0.733. The molecule has 0 saturated heterocycles. The van der Waals surface area contributed by atoms with Crippen molar-refractivity contribution in [3.63, 3.8) is 0 Å². The summed E-state index contributed by atoms with van der Waals surface area (Å²) in [6.45, 7) is 0. The molecule has 1 aromatic heterocycles. The number of halogens is 3. The fraction of sp³-hybridized carbons (Fsp3) is 0.412. The van der Waals surface area contributed by atoms with Crippen molar-refractivity contribution >= 4 is 5.82 Å². The fourth-order valence-electron chi connectivity index (χ4n) is 2.75. The number of rotatable bonds is 4. The molecule has 0 atom stereocenters. The maximum Gasteiger partial charge on any atom is 0.416 e. The average molecular weight is 353 g/mol. The van der Waals surface area contributed by atoms with Crippen LogP contribution in [0.5, 0.6) is 11.5 Å². The first-order valence-electron chi connectivity index (χ1n) is 8.01. The number of aromatic nitrogens is 2. The van der Waals surface area contributed by atoms with Gasteiger partial charge in [0.05, 0.1) is 17.9 Å². The van der Waals surface area contributed by atoms with Crippen LogP contribution < -0.4 is 10.1 Å². The van der Waals surface area contributed by atoms with Crippen LogP contribution in [0.2, 0.25) is 0 Å². The van der Waals surface area contributed by atoms with Crippen molar-refractivity contribution in [2.24, 2.45) is 0 Å². The summed E-state index contributed by atoms with van der Waals surface area (Å²) in [6.07, 6.45) is 1.26. The third-order valence-electron chi connectivity index (χ3n) is 4.13. The van der Waals surface area contributed by atoms with Gasteiger partial charge in [-0.1, -0.05) is 0 Å². The first-order valence-corrected chi connectivity index (χ1v) is 8.01. The second-order valence-corrected chi connectivity index (χ2v) is 6.01. The largest absolute Gasteiger partial charge is 0.452 e. The van der Waals surface area contributed by atoms with Crippen LogP contribution >= 0.6 is 0 Å². The van der Waals surface area contributed by atoms with E-state index in [2.05, 4.69) is 15.3 Å². The Morgan fingerprint density at radius 3 is 2.40 bits per heavy atom. The van der Waals surface area contributed by atoms with E-state index in [0.717, 1.165) is 37.8 Å². The lowest BCUT2D eigenvalue weighted by Gasteiger charge is -2.27. The van der Waals surface area contributed by atoms with Gasteiger partial charge in [0, 0.05) is 6.04 Å². The maximum absolute atomic E-state index is 12.6. The van der Waals surface area contributed by atoms with Gasteiger partial charge in [0.15, 0.2) is 11.6 Å². The molecule has 0 unspecified atom stereocenters. The predicted octanol–water partition coefficient (Wildman–Crippen LogP) is 4.00. The molecule has 8 heteroatoms. The molecule has 1 aliphatic carbocycles. The summed E-state index contributed by atoms with van der Waals surface area (Å²) in [7, 11) is 0. The number of nitrogens with one attached hydrogen (secondary N) is 1. The minimum atomic E-state index is -4.38. The van der Waals surface area contributed by atoms with Crippen LogP contribution in [0.25, 0.3) is 0 Å². The Morgan fingerprint density at radius 1 is 1.08 bits per heavy atom. The van der Waals surface area contributed by atoms with E-state index in [-0.39, 0.29) is 17.9 Å². The van der Waals surface area contributed by atoms with Gasteiger partial charge in [0.25, 0.3) is 0 Å². The Balaban J connectivity index is 1.70. The molecule has 5 nitrogen and oxygen atoms in total. The van der Waals surface area contributed by atoms with Crippen molar-refractivity contribution in [1.29, 1.82) is 0 Å². The summed E-state index contributed by atoms with van der Waals surface area (Å²) >= 11 is 0. The highest BCUT2D eigenvalue weighted by Gasteiger charge is 2.30. The second-order valence-electron chi connectivity index (χ2n) is 6.01. The number of nitrogens with zero attached hydrogens (tertiary/aromatic N) is 2. The predicted molar refractivity (Wildman–Crippen MR) is 85.4 cm³/mol. The number of alkyl halides is 3. The molecule has 3 rings (SSSR count). The maximum atomic E-state index is 12.6. The Hall–Kier alpha value is -2.35. The van der Waals surface area contributed by atoms with Crippen LogP contribution in [-0.4, -0.2) is 27.2 Å². The van der Waals surface area contributed by atoms with Crippen LogP contribution in [0.1, 0.15) is 31.2 Å². The fourth-order valence-corrected chi connectivity index (χ4v) is 2.75. The molecule has 0 bridgehead atoms. The molecule has 134 valence electrons. The molecule has 25 heavy (non-hydrogen) atoms. The number of hydrogen-bond acceptors (Lipinski definition) is 5. The molecule has 0 radical (unpaired) electrons. The molecule has 1 aliphatic rings. The average Bonchev–Trinajstić information content (AvgIpc) is 2.58. The van der Waals surface area contributed by atoms with Crippen molar-refractivity contribution < 1.29 is 23.0 Å². The molecule has 0 amide bonds. The zero-order chi connectivity index (χ0) is 17.9. The molecule has 1 aromatic carbocycles. The third kappa shape index (κ3) is 4.60. The number of anilines is 1. The summed E-state index contributed by atoms with van der Waals surface area (Å²) in [6, 6.07) is 4.62. The van der Waals surface area contributed by atoms with E-state index in [1.165, 1.54) is 24.7 Å². The van der Waals surface area contributed by atoms with Gasteiger partial charge in [-0.05, 0) is 49.9 Å². The van der Waals surface area contributed by atoms with Gasteiger partial charge in [-0.3, -0.25) is 0 Å². The topological polar surface area (TPSA) is 67.3 Å². The van der Waals surface area contributed by atoms with Gasteiger partial charge in [-0.2, -0.15) is 13.2 Å². The van der Waals surface area contributed by atoms with Gasteiger partial charge in [0.1, 0.15) is 12.1 Å². The summed E-state index contributed by atoms with van der Waals surface area (Å²) < 4.78 is 43.5. The Bertz CT molecular complexity index is 699. The van der Waals surface area contributed by atoms with Gasteiger partial charge >= 0.3 is 6.18 Å². The number of benzene rings is 1. The molecule has 2 N–H and O–H groups in total. The monoisotopic (exact) mass is 353 g/mol. The number of aliphatic hydroxyl groups is 1. The third-order valence-corrected chi connectivity index (χ3v) is 4.13. The smallest absolute Gasteiger partial charge is 0.416 e. The summed E-state index contributed by atoms with van der Waals surface area (Å²) in [5, 5.41) is 12.8. The van der Waals surface area contributed by atoms with Crippen molar-refractivity contribution in [3.05, 3.63) is 42.4 Å². The molecule has 0 aliphatic heterocycles. The second kappa shape index (κ2) is 7.26. The standard InChI is InChI=1S/C17H18F3N3O2/c18-17(19,20)11-1-7-14(8-2-11)25-15-9-21-10-22-16(15)23-12-3-5-13(24)6-4-12/h1-2,7-10,12-13,24H,3-6H2,(H,21,22,23)/t12-,13-. The van der Waals surface area contributed by atoms with Gasteiger partial charge in [-0.15, -0.1) is 0 Å². The number of aliphatic hydroxyl groups excluding tert-OH is 1. The highest BCUT2D eigenvalue weighted by atomic mass is 19.4. The number of hydrogen-bond donors (Lipinski definition) is 2. The lowest BCUT2D eigenvalue weighted by Crippen LogP contribution is -2.28. The van der Waals surface area contributed by atoms with E-state index in [9.17, 15) is 18.3 Å². The SMILES string of the molecule is O[C@H]1CC[C@H](Nc2ncncc2Oc2ccc(C(F)(F)F)cc2)CC1. The van der Waals surface area contributed by atoms with E-state index in [1.807, 2.05) is 0 Å². The first kappa shape index (κ1) is 17.5. The van der Waals surface area contributed by atoms with Crippen LogP contribution in [0.4, 0.5) is 19.0 Å². The molecular weight excluding hydrogens is 335 g/mol. The highest BCUT2D eigenvalue weighted by Crippen LogP contribution is 2.33. The Labute approximate surface area is 142 Å². The lowest BCUT2D eigenvalue weighted by molar-refractivity contribution is -0.137. The Kier molecular flexibility index (Phi) is 5.08. The van der Waals surface area contributed by atoms with Crippen LogP contribution in [0.3, 0.4) is 0 Å². The van der Waals surface area contributed by atoms with Crippen molar-refractivity contribution in [2.75, 3.05) is 5.32 Å². The van der Waals surface area contributed by atoms with Crippen LogP contribution in [0, 0.1) is 0 Å². The van der Waals surface area contributed by atoms with Crippen molar-refractivity contribution in [2.45, 2.75) is 44.0 Å². The zero-order valence-electron chi connectivity index (χ0n) is 13.3. The molecule has 2 aromatic rings. The van der Waals surface area contributed by atoms with Crippen LogP contribution in [-0.2, 0) is 6.18 Å². The van der Waals surface area contributed by atoms with Gasteiger partial charge in [0.2, 0.25) is 0 Å². The number of ether oxygens (including phenoxy) is 1. The quantitative estimate of drug-likeness (QED) is 0.870.